The molecular weight excluding hydrogens is 212 g/mol. The molecule has 1 unspecified atom stereocenters. The SMILES string of the molecule is CCCCCCCC(Cc1cnn(C)c1)NN. The third-order valence-electron chi connectivity index (χ3n) is 3.13. The number of hydrogen-bond donors (Lipinski definition) is 2. The number of hydrogen-bond acceptors (Lipinski definition) is 3. The minimum Gasteiger partial charge on any atom is -0.276 e. The van der Waals surface area contributed by atoms with Gasteiger partial charge in [0.25, 0.3) is 0 Å². The van der Waals surface area contributed by atoms with Crippen LogP contribution in [0.2, 0.25) is 0 Å². The van der Waals surface area contributed by atoms with Crippen LogP contribution in [0, 0.1) is 0 Å². The van der Waals surface area contributed by atoms with Crippen molar-refractivity contribution in [3.8, 4) is 0 Å². The molecule has 0 aromatic carbocycles. The Kier molecular flexibility index (Phi) is 6.89. The second-order valence-corrected chi connectivity index (χ2v) is 4.79. The maximum absolute atomic E-state index is 5.59. The molecule has 0 aliphatic rings. The molecule has 0 fully saturated rings. The molecule has 0 spiro atoms. The zero-order valence-corrected chi connectivity index (χ0v) is 11.2. The van der Waals surface area contributed by atoms with Crippen LogP contribution >= 0.6 is 0 Å². The first-order valence-electron chi connectivity index (χ1n) is 6.70. The fraction of sp³-hybridized carbons (Fsp3) is 0.769. The molecule has 0 bridgehead atoms. The van der Waals surface area contributed by atoms with Crippen LogP contribution < -0.4 is 11.3 Å². The molecule has 1 aromatic heterocycles. The van der Waals surface area contributed by atoms with Gasteiger partial charge in [0.15, 0.2) is 0 Å². The van der Waals surface area contributed by atoms with Crippen LogP contribution in [0.3, 0.4) is 0 Å². The van der Waals surface area contributed by atoms with E-state index in [-0.39, 0.29) is 0 Å². The second-order valence-electron chi connectivity index (χ2n) is 4.79. The Bertz CT molecular complexity index is 295. The van der Waals surface area contributed by atoms with E-state index in [1.54, 1.807) is 0 Å². The fourth-order valence-corrected chi connectivity index (χ4v) is 2.10. The quantitative estimate of drug-likeness (QED) is 0.394. The number of nitrogens with zero attached hydrogens (tertiary/aromatic N) is 2. The van der Waals surface area contributed by atoms with Gasteiger partial charge in [0.2, 0.25) is 0 Å². The molecule has 0 aliphatic heterocycles. The number of nitrogens with one attached hydrogen (secondary N) is 1. The summed E-state index contributed by atoms with van der Waals surface area (Å²) in [7, 11) is 1.94. The van der Waals surface area contributed by atoms with E-state index < -0.39 is 0 Å². The van der Waals surface area contributed by atoms with Gasteiger partial charge in [-0.1, -0.05) is 39.0 Å². The summed E-state index contributed by atoms with van der Waals surface area (Å²) in [5.41, 5.74) is 4.17. The molecular formula is C13H26N4. The third kappa shape index (κ3) is 5.84. The molecule has 1 atom stereocenters. The van der Waals surface area contributed by atoms with E-state index in [9.17, 15) is 0 Å². The van der Waals surface area contributed by atoms with Crippen molar-refractivity contribution in [3.63, 3.8) is 0 Å². The normalized spacial score (nSPS) is 12.9. The average molecular weight is 238 g/mol. The average Bonchev–Trinajstić information content (AvgIpc) is 2.73. The highest BCUT2D eigenvalue weighted by Crippen LogP contribution is 2.10. The predicted octanol–water partition coefficient (Wildman–Crippen LogP) is 2.15. The molecule has 1 aromatic rings. The van der Waals surface area contributed by atoms with Gasteiger partial charge in [-0.3, -0.25) is 16.0 Å². The van der Waals surface area contributed by atoms with Crippen molar-refractivity contribution < 1.29 is 0 Å². The topological polar surface area (TPSA) is 55.9 Å². The van der Waals surface area contributed by atoms with E-state index in [1.807, 2.05) is 17.9 Å². The van der Waals surface area contributed by atoms with Crippen molar-refractivity contribution in [2.75, 3.05) is 0 Å². The minimum absolute atomic E-state index is 0.376. The highest BCUT2D eigenvalue weighted by atomic mass is 15.2. The zero-order chi connectivity index (χ0) is 12.5. The van der Waals surface area contributed by atoms with Gasteiger partial charge in [-0.25, -0.2) is 0 Å². The van der Waals surface area contributed by atoms with E-state index in [2.05, 4.69) is 23.6 Å². The predicted molar refractivity (Wildman–Crippen MR) is 71.4 cm³/mol. The smallest absolute Gasteiger partial charge is 0.0522 e. The molecule has 0 aliphatic carbocycles. The lowest BCUT2D eigenvalue weighted by atomic mass is 10.0. The van der Waals surface area contributed by atoms with Crippen LogP contribution in [-0.2, 0) is 13.5 Å². The molecule has 4 heteroatoms. The van der Waals surface area contributed by atoms with Gasteiger partial charge < -0.3 is 0 Å². The van der Waals surface area contributed by atoms with Gasteiger partial charge in [-0.2, -0.15) is 5.10 Å². The molecule has 0 saturated carbocycles. The molecule has 17 heavy (non-hydrogen) atoms. The highest BCUT2D eigenvalue weighted by molar-refractivity contribution is 5.05. The summed E-state index contributed by atoms with van der Waals surface area (Å²) in [6.07, 6.45) is 12.7. The molecule has 0 amide bonds. The summed E-state index contributed by atoms with van der Waals surface area (Å²) in [5, 5.41) is 4.17. The minimum atomic E-state index is 0.376. The van der Waals surface area contributed by atoms with Crippen molar-refractivity contribution in [1.82, 2.24) is 15.2 Å². The number of hydrazine groups is 1. The Morgan fingerprint density at radius 2 is 2.12 bits per heavy atom. The van der Waals surface area contributed by atoms with Gasteiger partial charge in [0.1, 0.15) is 0 Å². The van der Waals surface area contributed by atoms with E-state index in [0.29, 0.717) is 6.04 Å². The Morgan fingerprint density at radius 3 is 2.71 bits per heavy atom. The number of unbranched alkanes of at least 4 members (excludes halogenated alkanes) is 4. The lowest BCUT2D eigenvalue weighted by Gasteiger charge is -2.14. The van der Waals surface area contributed by atoms with Crippen LogP contribution in [-0.4, -0.2) is 15.8 Å². The highest BCUT2D eigenvalue weighted by Gasteiger charge is 2.08. The molecule has 0 saturated heterocycles. The summed E-state index contributed by atoms with van der Waals surface area (Å²) in [6, 6.07) is 0.376. The molecule has 0 radical (unpaired) electrons. The van der Waals surface area contributed by atoms with E-state index in [0.717, 1.165) is 12.8 Å². The van der Waals surface area contributed by atoms with Crippen LogP contribution in [0.5, 0.6) is 0 Å². The maximum atomic E-state index is 5.59. The molecule has 98 valence electrons. The first-order chi connectivity index (χ1) is 8.26. The van der Waals surface area contributed by atoms with Crippen LogP contribution in [0.1, 0.15) is 51.0 Å². The summed E-state index contributed by atoms with van der Waals surface area (Å²) in [5.74, 6) is 5.59. The Morgan fingerprint density at radius 1 is 1.35 bits per heavy atom. The molecule has 3 N–H and O–H groups in total. The lowest BCUT2D eigenvalue weighted by Crippen LogP contribution is -2.36. The number of aryl methyl sites for hydroxylation is 1. The van der Waals surface area contributed by atoms with Crippen LogP contribution in [0.15, 0.2) is 12.4 Å². The summed E-state index contributed by atoms with van der Waals surface area (Å²) in [6.45, 7) is 2.24. The van der Waals surface area contributed by atoms with Crippen molar-refractivity contribution in [2.24, 2.45) is 12.9 Å². The van der Waals surface area contributed by atoms with Crippen LogP contribution in [0.25, 0.3) is 0 Å². The fourth-order valence-electron chi connectivity index (χ4n) is 2.10. The first-order valence-corrected chi connectivity index (χ1v) is 6.70. The van der Waals surface area contributed by atoms with Crippen LogP contribution in [0.4, 0.5) is 0 Å². The molecule has 1 rings (SSSR count). The lowest BCUT2D eigenvalue weighted by molar-refractivity contribution is 0.461. The van der Waals surface area contributed by atoms with Gasteiger partial charge in [-0.05, 0) is 18.4 Å². The van der Waals surface area contributed by atoms with Gasteiger partial charge in [0.05, 0.1) is 6.20 Å². The Hall–Kier alpha value is -0.870. The number of rotatable bonds is 9. The van der Waals surface area contributed by atoms with Gasteiger partial charge in [-0.15, -0.1) is 0 Å². The molecule has 1 heterocycles. The monoisotopic (exact) mass is 238 g/mol. The van der Waals surface area contributed by atoms with E-state index >= 15 is 0 Å². The van der Waals surface area contributed by atoms with Crippen molar-refractivity contribution in [2.45, 2.75) is 57.9 Å². The number of aromatic nitrogens is 2. The largest absolute Gasteiger partial charge is 0.276 e. The van der Waals surface area contributed by atoms with Crippen molar-refractivity contribution in [1.29, 1.82) is 0 Å². The maximum Gasteiger partial charge on any atom is 0.0522 e. The zero-order valence-electron chi connectivity index (χ0n) is 11.2. The summed E-state index contributed by atoms with van der Waals surface area (Å²) < 4.78 is 1.84. The van der Waals surface area contributed by atoms with E-state index in [1.165, 1.54) is 37.7 Å². The van der Waals surface area contributed by atoms with E-state index in [4.69, 9.17) is 5.84 Å². The summed E-state index contributed by atoms with van der Waals surface area (Å²) in [4.78, 5) is 0. The first kappa shape index (κ1) is 14.2. The standard InChI is InChI=1S/C13H26N4/c1-3-4-5-6-7-8-13(16-14)9-12-10-15-17(2)11-12/h10-11,13,16H,3-9,14H2,1-2H3. The Labute approximate surface area is 105 Å². The van der Waals surface area contributed by atoms with Crippen molar-refractivity contribution in [3.05, 3.63) is 18.0 Å². The Balaban J connectivity index is 2.19. The molecule has 4 nitrogen and oxygen atoms in total. The third-order valence-corrected chi connectivity index (χ3v) is 3.13. The van der Waals surface area contributed by atoms with Gasteiger partial charge in [0, 0.05) is 19.3 Å². The summed E-state index contributed by atoms with van der Waals surface area (Å²) >= 11 is 0. The second kappa shape index (κ2) is 8.25. The number of nitrogens with two attached hydrogens (primary N) is 1. The van der Waals surface area contributed by atoms with Crippen molar-refractivity contribution >= 4 is 0 Å². The van der Waals surface area contributed by atoms with Gasteiger partial charge >= 0.3 is 0 Å².